The van der Waals surface area contributed by atoms with E-state index in [1.807, 2.05) is 0 Å². The number of methoxy groups -OCH3 is 2. The van der Waals surface area contributed by atoms with Crippen molar-refractivity contribution in [1.82, 2.24) is 0 Å². The van der Waals surface area contributed by atoms with Crippen molar-refractivity contribution in [3.05, 3.63) is 0 Å². The number of hydrogen-bond acceptors (Lipinski definition) is 6. The predicted molar refractivity (Wildman–Crippen MR) is 87.4 cm³/mol. The lowest BCUT2D eigenvalue weighted by atomic mass is 9.90. The average Bonchev–Trinajstić information content (AvgIpc) is 2.58. The topological polar surface area (TPSA) is 74.2 Å². The molecular weight excluding hydrogens is 316 g/mol. The van der Waals surface area contributed by atoms with Gasteiger partial charge in [0.1, 0.15) is 0 Å². The minimum Gasteiger partial charge on any atom is -0.457 e. The molecule has 0 spiro atoms. The number of carbonyl (C=O) groups excluding carboxylic acids is 1. The third-order valence-corrected chi connectivity index (χ3v) is 10.1. The van der Waals surface area contributed by atoms with Crippen LogP contribution in [0, 0.1) is 11.8 Å². The zero-order valence-electron chi connectivity index (χ0n) is 15.2. The molecule has 2 bridgehead atoms. The molecule has 23 heavy (non-hydrogen) atoms. The van der Waals surface area contributed by atoms with Crippen LogP contribution in [0.25, 0.3) is 0 Å². The number of ether oxygens (including phenoxy) is 3. The molecule has 2 rings (SSSR count). The second kappa shape index (κ2) is 6.44. The van der Waals surface area contributed by atoms with Gasteiger partial charge in [-0.15, -0.1) is 0 Å². The number of aliphatic hydroxyl groups is 1. The lowest BCUT2D eigenvalue weighted by Gasteiger charge is -2.41. The Hall–Kier alpha value is -0.473. The van der Waals surface area contributed by atoms with E-state index in [1.54, 1.807) is 14.2 Å². The van der Waals surface area contributed by atoms with Crippen LogP contribution in [0.1, 0.15) is 27.2 Å². The second-order valence-corrected chi connectivity index (χ2v) is 12.8. The lowest BCUT2D eigenvalue weighted by Crippen LogP contribution is -2.50. The van der Waals surface area contributed by atoms with Crippen molar-refractivity contribution in [3.63, 3.8) is 0 Å². The van der Waals surface area contributed by atoms with Crippen molar-refractivity contribution in [2.45, 2.75) is 69.9 Å². The number of esters is 1. The molecule has 6 nitrogen and oxygen atoms in total. The van der Waals surface area contributed by atoms with Crippen LogP contribution in [0.15, 0.2) is 0 Å². The van der Waals surface area contributed by atoms with Gasteiger partial charge in [0.05, 0.1) is 18.6 Å². The van der Waals surface area contributed by atoms with Crippen molar-refractivity contribution in [2.24, 2.45) is 11.8 Å². The van der Waals surface area contributed by atoms with E-state index in [1.165, 1.54) is 0 Å². The summed E-state index contributed by atoms with van der Waals surface area (Å²) in [5.41, 5.74) is 0. The molecule has 5 atom stereocenters. The Labute approximate surface area is 139 Å². The van der Waals surface area contributed by atoms with Crippen LogP contribution in [0.3, 0.4) is 0 Å². The molecule has 1 aliphatic carbocycles. The summed E-state index contributed by atoms with van der Waals surface area (Å²) in [5, 5.41) is 10.6. The normalized spacial score (nSPS) is 34.8. The summed E-state index contributed by atoms with van der Waals surface area (Å²) in [6.45, 7) is 10.8. The average molecular weight is 346 g/mol. The van der Waals surface area contributed by atoms with Gasteiger partial charge in [0.15, 0.2) is 20.7 Å². The molecule has 0 aromatic rings. The van der Waals surface area contributed by atoms with Crippen LogP contribution in [0.5, 0.6) is 0 Å². The molecule has 2 aliphatic rings. The quantitative estimate of drug-likeness (QED) is 0.466. The van der Waals surface area contributed by atoms with E-state index in [2.05, 4.69) is 33.9 Å². The largest absolute Gasteiger partial charge is 0.457 e. The van der Waals surface area contributed by atoms with Gasteiger partial charge in [-0.25, -0.2) is 0 Å². The number of rotatable bonds is 5. The van der Waals surface area contributed by atoms with E-state index in [4.69, 9.17) is 18.6 Å². The van der Waals surface area contributed by atoms with Gasteiger partial charge in [0, 0.05) is 26.1 Å². The zero-order valence-corrected chi connectivity index (χ0v) is 16.2. The number of carbonyl (C=O) groups is 1. The summed E-state index contributed by atoms with van der Waals surface area (Å²) >= 11 is 0. The number of hydrogen-bond donors (Lipinski definition) is 1. The molecular formula is C16H30O6Si. The van der Waals surface area contributed by atoms with E-state index in [0.29, 0.717) is 0 Å². The van der Waals surface area contributed by atoms with Gasteiger partial charge in [-0.2, -0.15) is 0 Å². The molecule has 2 fully saturated rings. The summed E-state index contributed by atoms with van der Waals surface area (Å²) in [5.74, 6) is -0.783. The smallest absolute Gasteiger partial charge is 0.306 e. The molecule has 0 amide bonds. The Morgan fingerprint density at radius 1 is 1.26 bits per heavy atom. The molecule has 1 saturated heterocycles. The van der Waals surface area contributed by atoms with E-state index in [-0.39, 0.29) is 29.3 Å². The summed E-state index contributed by atoms with van der Waals surface area (Å²) in [6.07, 6.45) is -2.16. The van der Waals surface area contributed by atoms with Gasteiger partial charge in [0.2, 0.25) is 0 Å². The highest BCUT2D eigenvalue weighted by molar-refractivity contribution is 6.74. The highest BCUT2D eigenvalue weighted by Gasteiger charge is 2.60. The molecule has 1 saturated carbocycles. The molecule has 1 N–H and O–H groups in total. The van der Waals surface area contributed by atoms with Crippen LogP contribution in [-0.4, -0.2) is 58.2 Å². The summed E-state index contributed by atoms with van der Waals surface area (Å²) in [7, 11) is 1.02. The molecule has 1 aliphatic heterocycles. The zero-order chi connectivity index (χ0) is 17.6. The van der Waals surface area contributed by atoms with Crippen molar-refractivity contribution in [3.8, 4) is 0 Å². The fourth-order valence-corrected chi connectivity index (χ4v) is 4.67. The Balaban J connectivity index is 2.35. The van der Waals surface area contributed by atoms with Crippen molar-refractivity contribution in [2.75, 3.05) is 14.2 Å². The van der Waals surface area contributed by atoms with Crippen LogP contribution >= 0.6 is 0 Å². The Morgan fingerprint density at radius 2 is 1.83 bits per heavy atom. The van der Waals surface area contributed by atoms with Gasteiger partial charge in [0.25, 0.3) is 0 Å². The van der Waals surface area contributed by atoms with E-state index < -0.39 is 32.9 Å². The third kappa shape index (κ3) is 3.35. The highest BCUT2D eigenvalue weighted by atomic mass is 28.4. The van der Waals surface area contributed by atoms with Gasteiger partial charge in [-0.05, 0) is 18.1 Å². The minimum atomic E-state index is -2.11. The first-order valence-electron chi connectivity index (χ1n) is 8.14. The minimum absolute atomic E-state index is 0.0127. The van der Waals surface area contributed by atoms with E-state index in [0.717, 1.165) is 0 Å². The van der Waals surface area contributed by atoms with Gasteiger partial charge in [-0.1, -0.05) is 20.8 Å². The fraction of sp³-hybridized carbons (Fsp3) is 0.938. The maximum absolute atomic E-state index is 11.9. The summed E-state index contributed by atoms with van der Waals surface area (Å²) < 4.78 is 22.8. The molecule has 1 heterocycles. The van der Waals surface area contributed by atoms with E-state index >= 15 is 0 Å². The lowest BCUT2D eigenvalue weighted by molar-refractivity contribution is -0.167. The van der Waals surface area contributed by atoms with Gasteiger partial charge in [-0.3, -0.25) is 4.79 Å². The second-order valence-electron chi connectivity index (χ2n) is 8.07. The number of fused-ring (bicyclic) bond motifs is 2. The monoisotopic (exact) mass is 346 g/mol. The van der Waals surface area contributed by atoms with Crippen LogP contribution < -0.4 is 0 Å². The Bertz CT molecular complexity index is 442. The highest BCUT2D eigenvalue weighted by Crippen LogP contribution is 2.48. The third-order valence-electron chi connectivity index (χ3n) is 5.66. The molecule has 0 unspecified atom stereocenters. The summed E-state index contributed by atoms with van der Waals surface area (Å²) in [6, 6.07) is 0. The first-order chi connectivity index (χ1) is 10.5. The van der Waals surface area contributed by atoms with Crippen molar-refractivity contribution >= 4 is 14.3 Å². The van der Waals surface area contributed by atoms with Crippen molar-refractivity contribution in [1.29, 1.82) is 0 Å². The molecule has 0 aromatic heterocycles. The van der Waals surface area contributed by atoms with E-state index in [9.17, 15) is 9.90 Å². The molecule has 7 heteroatoms. The van der Waals surface area contributed by atoms with Gasteiger partial charge < -0.3 is 23.7 Å². The Morgan fingerprint density at radius 3 is 2.30 bits per heavy atom. The van der Waals surface area contributed by atoms with Crippen LogP contribution in [-0.2, 0) is 23.4 Å². The van der Waals surface area contributed by atoms with Crippen molar-refractivity contribution < 1.29 is 28.5 Å². The first kappa shape index (κ1) is 18.9. The molecule has 134 valence electrons. The van der Waals surface area contributed by atoms with Gasteiger partial charge >= 0.3 is 5.97 Å². The van der Waals surface area contributed by atoms with Crippen LogP contribution in [0.4, 0.5) is 0 Å². The SMILES string of the molecule is COC(OC)[C@H]1[C@@H]2CC(=O)O[C@@H]([C@@H]2O)[C@@H]1O[Si](C)(C)C(C)(C)C. The maximum Gasteiger partial charge on any atom is 0.306 e. The fourth-order valence-electron chi connectivity index (χ4n) is 3.34. The Kier molecular flexibility index (Phi) is 5.28. The molecule has 0 aromatic carbocycles. The molecule has 0 radical (unpaired) electrons. The first-order valence-corrected chi connectivity index (χ1v) is 11.0. The van der Waals surface area contributed by atoms with Crippen LogP contribution in [0.2, 0.25) is 18.1 Å². The standard InChI is InChI=1S/C16H30O6Si/c1-16(2,3)23(6,7)22-13-11(15(19-4)20-5)9-8-10(17)21-14(13)12(9)18/h9,11-15,18H,8H2,1-7H3/t9-,11-,12+,13+,14-/m0/s1. The summed E-state index contributed by atoms with van der Waals surface area (Å²) in [4.78, 5) is 11.9. The maximum atomic E-state index is 11.9. The predicted octanol–water partition coefficient (Wildman–Crippen LogP) is 1.92. The number of aliphatic hydroxyl groups excluding tert-OH is 1.